The number of benzene rings is 1. The molecule has 0 unspecified atom stereocenters. The summed E-state index contributed by atoms with van der Waals surface area (Å²) in [4.78, 5) is 19.9. The molecule has 0 fully saturated rings. The van der Waals surface area contributed by atoms with Gasteiger partial charge in [-0.15, -0.1) is 0 Å². The predicted octanol–water partition coefficient (Wildman–Crippen LogP) is 3.33. The minimum atomic E-state index is -0.333. The zero-order valence-corrected chi connectivity index (χ0v) is 14.0. The molecule has 2 rings (SSSR count). The molecule has 0 spiro atoms. The number of hydrogen-bond donors (Lipinski definition) is 3. The van der Waals surface area contributed by atoms with Gasteiger partial charge in [-0.3, -0.25) is 4.79 Å². The average Bonchev–Trinajstić information content (AvgIpc) is 2.39. The van der Waals surface area contributed by atoms with Crippen LogP contribution >= 0.6 is 46.6 Å². The van der Waals surface area contributed by atoms with Crippen molar-refractivity contribution in [2.45, 2.75) is 5.16 Å². The summed E-state index contributed by atoms with van der Waals surface area (Å²) < 4.78 is 0. The van der Waals surface area contributed by atoms with Crippen LogP contribution in [-0.4, -0.2) is 21.6 Å². The molecule has 0 aliphatic rings. The molecule has 2 aromatic rings. The molecule has 5 N–H and O–H groups in total. The van der Waals surface area contributed by atoms with Crippen LogP contribution < -0.4 is 16.8 Å². The van der Waals surface area contributed by atoms with E-state index in [1.54, 1.807) is 0 Å². The van der Waals surface area contributed by atoms with Crippen LogP contribution in [0.15, 0.2) is 23.4 Å². The number of carbonyl (C=O) groups excluding carboxylic acids is 1. The van der Waals surface area contributed by atoms with E-state index in [1.165, 1.54) is 18.2 Å². The van der Waals surface area contributed by atoms with E-state index in [-0.39, 0.29) is 33.3 Å². The maximum Gasteiger partial charge on any atom is 0.234 e. The van der Waals surface area contributed by atoms with Gasteiger partial charge in [-0.2, -0.15) is 0 Å². The van der Waals surface area contributed by atoms with E-state index < -0.39 is 0 Å². The fraction of sp³-hybridized carbons (Fsp3) is 0.0833. The summed E-state index contributed by atoms with van der Waals surface area (Å²) in [5.74, 6) is 0.178. The Morgan fingerprint density at radius 2 is 1.64 bits per heavy atom. The molecule has 0 aliphatic carbocycles. The number of amides is 1. The number of aromatic nitrogens is 2. The van der Waals surface area contributed by atoms with Crippen LogP contribution in [0.25, 0.3) is 0 Å². The minimum absolute atomic E-state index is 0.0399. The summed E-state index contributed by atoms with van der Waals surface area (Å²) in [6.07, 6.45) is 0. The van der Waals surface area contributed by atoms with Crippen molar-refractivity contribution in [1.29, 1.82) is 0 Å². The summed E-state index contributed by atoms with van der Waals surface area (Å²) >= 11 is 18.9. The number of thioether (sulfide) groups is 1. The van der Waals surface area contributed by atoms with E-state index >= 15 is 0 Å². The van der Waals surface area contributed by atoms with E-state index in [1.807, 2.05) is 0 Å². The number of nitrogens with one attached hydrogen (secondary N) is 1. The normalized spacial score (nSPS) is 10.5. The monoisotopic (exact) mass is 377 g/mol. The van der Waals surface area contributed by atoms with Crippen LogP contribution in [0, 0.1) is 0 Å². The Morgan fingerprint density at radius 1 is 1.09 bits per heavy atom. The van der Waals surface area contributed by atoms with Crippen molar-refractivity contribution >= 4 is 69.8 Å². The quantitative estimate of drug-likeness (QED) is 0.556. The second-order valence-electron chi connectivity index (χ2n) is 4.08. The Balaban J connectivity index is 2.02. The first-order chi connectivity index (χ1) is 10.3. The predicted molar refractivity (Wildman–Crippen MR) is 91.7 cm³/mol. The van der Waals surface area contributed by atoms with Gasteiger partial charge in [0.25, 0.3) is 0 Å². The lowest BCUT2D eigenvalue weighted by Crippen LogP contribution is -2.15. The van der Waals surface area contributed by atoms with Gasteiger partial charge >= 0.3 is 0 Å². The molecule has 0 atom stereocenters. The summed E-state index contributed by atoms with van der Waals surface area (Å²) in [6, 6.07) is 4.40. The number of nitrogen functional groups attached to an aromatic ring is 2. The number of anilines is 3. The van der Waals surface area contributed by atoms with Gasteiger partial charge in [-0.05, 0) is 12.1 Å². The number of hydrogen-bond acceptors (Lipinski definition) is 6. The standard InChI is InChI=1S/C12H10Cl3N5OS/c13-5-1-6(14)11(7(15)2-5)20-10(21)4-22-12-18-8(16)3-9(17)19-12/h1-3H,4H2,(H,20,21)(H4,16,17,18,19). The lowest BCUT2D eigenvalue weighted by atomic mass is 10.3. The van der Waals surface area contributed by atoms with Crippen LogP contribution in [-0.2, 0) is 4.79 Å². The Bertz CT molecular complexity index is 685. The van der Waals surface area contributed by atoms with E-state index in [2.05, 4.69) is 15.3 Å². The molecule has 0 saturated carbocycles. The third-order valence-electron chi connectivity index (χ3n) is 2.35. The van der Waals surface area contributed by atoms with Crippen LogP contribution in [0.4, 0.5) is 17.3 Å². The van der Waals surface area contributed by atoms with E-state index in [4.69, 9.17) is 46.3 Å². The van der Waals surface area contributed by atoms with Gasteiger partial charge in [0.05, 0.1) is 21.5 Å². The van der Waals surface area contributed by atoms with Crippen molar-refractivity contribution in [1.82, 2.24) is 9.97 Å². The molecule has 1 aromatic heterocycles. The molecule has 0 aliphatic heterocycles. The van der Waals surface area contributed by atoms with E-state index in [0.29, 0.717) is 15.9 Å². The molecular weight excluding hydrogens is 369 g/mol. The van der Waals surface area contributed by atoms with Crippen molar-refractivity contribution in [3.63, 3.8) is 0 Å². The van der Waals surface area contributed by atoms with E-state index in [0.717, 1.165) is 11.8 Å². The first kappa shape index (κ1) is 17.0. The van der Waals surface area contributed by atoms with Crippen LogP contribution in [0.3, 0.4) is 0 Å². The van der Waals surface area contributed by atoms with Crippen molar-refractivity contribution in [3.8, 4) is 0 Å². The molecule has 1 amide bonds. The molecule has 0 saturated heterocycles. The molecule has 10 heteroatoms. The van der Waals surface area contributed by atoms with Crippen LogP contribution in [0.5, 0.6) is 0 Å². The zero-order valence-electron chi connectivity index (χ0n) is 10.9. The van der Waals surface area contributed by atoms with Gasteiger partial charge in [-0.1, -0.05) is 46.6 Å². The van der Waals surface area contributed by atoms with Gasteiger partial charge in [0, 0.05) is 11.1 Å². The second-order valence-corrected chi connectivity index (χ2v) is 6.27. The van der Waals surface area contributed by atoms with Gasteiger partial charge < -0.3 is 16.8 Å². The molecule has 0 bridgehead atoms. The van der Waals surface area contributed by atoms with Gasteiger partial charge in [0.2, 0.25) is 5.91 Å². The molecule has 1 aromatic carbocycles. The maximum atomic E-state index is 11.9. The number of rotatable bonds is 4. The van der Waals surface area contributed by atoms with Gasteiger partial charge in [0.1, 0.15) is 11.6 Å². The number of halogens is 3. The zero-order chi connectivity index (χ0) is 16.3. The fourth-order valence-corrected chi connectivity index (χ4v) is 3.08. The first-order valence-corrected chi connectivity index (χ1v) is 7.94. The number of nitrogens with two attached hydrogens (primary N) is 2. The number of nitrogens with zero attached hydrogens (tertiary/aromatic N) is 2. The Hall–Kier alpha value is -1.41. The van der Waals surface area contributed by atoms with Crippen molar-refractivity contribution in [3.05, 3.63) is 33.3 Å². The Labute approximate surface area is 145 Å². The summed E-state index contributed by atoms with van der Waals surface area (Å²) in [5, 5.41) is 3.79. The highest BCUT2D eigenvalue weighted by atomic mass is 35.5. The lowest BCUT2D eigenvalue weighted by molar-refractivity contribution is -0.113. The van der Waals surface area contributed by atoms with Crippen molar-refractivity contribution in [2.24, 2.45) is 0 Å². The average molecular weight is 379 g/mol. The second kappa shape index (κ2) is 7.23. The third kappa shape index (κ3) is 4.54. The highest BCUT2D eigenvalue weighted by molar-refractivity contribution is 7.99. The fourth-order valence-electron chi connectivity index (χ4n) is 1.49. The highest BCUT2D eigenvalue weighted by Crippen LogP contribution is 2.33. The largest absolute Gasteiger partial charge is 0.383 e. The van der Waals surface area contributed by atoms with Crippen molar-refractivity contribution in [2.75, 3.05) is 22.5 Å². The minimum Gasteiger partial charge on any atom is -0.383 e. The smallest absolute Gasteiger partial charge is 0.234 e. The summed E-state index contributed by atoms with van der Waals surface area (Å²) in [6.45, 7) is 0. The SMILES string of the molecule is Nc1cc(N)nc(SCC(=O)Nc2c(Cl)cc(Cl)cc2Cl)n1. The summed E-state index contributed by atoms with van der Waals surface area (Å²) in [5.41, 5.74) is 11.4. The van der Waals surface area contributed by atoms with Crippen molar-refractivity contribution < 1.29 is 4.79 Å². The van der Waals surface area contributed by atoms with Gasteiger partial charge in [0.15, 0.2) is 5.16 Å². The number of carbonyl (C=O) groups is 1. The lowest BCUT2D eigenvalue weighted by Gasteiger charge is -2.09. The molecule has 22 heavy (non-hydrogen) atoms. The maximum absolute atomic E-state index is 11.9. The molecular formula is C12H10Cl3N5OS. The van der Waals surface area contributed by atoms with Crippen LogP contribution in [0.1, 0.15) is 0 Å². The third-order valence-corrected chi connectivity index (χ3v) is 4.01. The highest BCUT2D eigenvalue weighted by Gasteiger charge is 2.12. The molecule has 116 valence electrons. The Kier molecular flexibility index (Phi) is 5.57. The molecule has 1 heterocycles. The summed E-state index contributed by atoms with van der Waals surface area (Å²) in [7, 11) is 0. The molecule has 0 radical (unpaired) electrons. The van der Waals surface area contributed by atoms with Crippen LogP contribution in [0.2, 0.25) is 15.1 Å². The first-order valence-electron chi connectivity index (χ1n) is 5.82. The Morgan fingerprint density at radius 3 is 2.18 bits per heavy atom. The molecule has 6 nitrogen and oxygen atoms in total. The van der Waals surface area contributed by atoms with Gasteiger partial charge in [-0.25, -0.2) is 9.97 Å². The van der Waals surface area contributed by atoms with E-state index in [9.17, 15) is 4.79 Å². The topological polar surface area (TPSA) is 107 Å².